The van der Waals surface area contributed by atoms with Crippen molar-refractivity contribution in [3.63, 3.8) is 0 Å². The smallest absolute Gasteiger partial charge is 0.147 e. The highest BCUT2D eigenvalue weighted by molar-refractivity contribution is 7.90. The zero-order valence-electron chi connectivity index (χ0n) is 9.67. The quantitative estimate of drug-likeness (QED) is 0.754. The summed E-state index contributed by atoms with van der Waals surface area (Å²) in [6.45, 7) is 0. The van der Waals surface area contributed by atoms with Crippen molar-refractivity contribution in [2.45, 2.75) is 56.9 Å². The Kier molecular flexibility index (Phi) is 4.59. The standard InChI is InChI=1S/C11H23NO2S/c1-15(13,14)10-6-9-11(12)7-4-2-3-5-8-11/h2-10,12H2,1H3. The van der Waals surface area contributed by atoms with Crippen LogP contribution in [-0.4, -0.2) is 26.0 Å². The van der Waals surface area contributed by atoms with Crippen molar-refractivity contribution in [1.82, 2.24) is 0 Å². The second-order valence-electron chi connectivity index (χ2n) is 5.01. The van der Waals surface area contributed by atoms with Gasteiger partial charge in [0, 0.05) is 17.5 Å². The fraction of sp³-hybridized carbons (Fsp3) is 1.00. The molecule has 1 saturated carbocycles. The first-order valence-corrected chi connectivity index (χ1v) is 7.94. The molecule has 1 rings (SSSR count). The first-order valence-electron chi connectivity index (χ1n) is 5.88. The van der Waals surface area contributed by atoms with E-state index in [0.717, 1.165) is 25.7 Å². The van der Waals surface area contributed by atoms with Crippen molar-refractivity contribution >= 4 is 9.84 Å². The predicted octanol–water partition coefficient (Wildman–Crippen LogP) is 1.86. The van der Waals surface area contributed by atoms with Crippen LogP contribution in [0.1, 0.15) is 51.4 Å². The normalized spacial score (nSPS) is 22.3. The van der Waals surface area contributed by atoms with Gasteiger partial charge in [0.2, 0.25) is 0 Å². The molecule has 1 aliphatic carbocycles. The van der Waals surface area contributed by atoms with E-state index in [4.69, 9.17) is 5.73 Å². The van der Waals surface area contributed by atoms with Crippen LogP contribution in [0, 0.1) is 0 Å². The predicted molar refractivity (Wildman–Crippen MR) is 63.6 cm³/mol. The molecule has 0 amide bonds. The molecule has 2 N–H and O–H groups in total. The number of hydrogen-bond acceptors (Lipinski definition) is 3. The maximum atomic E-state index is 11.0. The Morgan fingerprint density at radius 3 is 2.13 bits per heavy atom. The average molecular weight is 233 g/mol. The van der Waals surface area contributed by atoms with E-state index in [1.165, 1.54) is 31.9 Å². The molecule has 15 heavy (non-hydrogen) atoms. The summed E-state index contributed by atoms with van der Waals surface area (Å²) in [5.74, 6) is 0.284. The van der Waals surface area contributed by atoms with Crippen LogP contribution in [0.4, 0.5) is 0 Å². The number of rotatable bonds is 4. The third kappa shape index (κ3) is 5.52. The summed E-state index contributed by atoms with van der Waals surface area (Å²) in [5, 5.41) is 0. The lowest BCUT2D eigenvalue weighted by atomic mass is 9.87. The Labute approximate surface area is 93.3 Å². The molecule has 0 aromatic rings. The van der Waals surface area contributed by atoms with E-state index < -0.39 is 9.84 Å². The zero-order chi connectivity index (χ0) is 11.4. The zero-order valence-corrected chi connectivity index (χ0v) is 10.5. The van der Waals surface area contributed by atoms with Gasteiger partial charge in [0.1, 0.15) is 9.84 Å². The number of sulfone groups is 1. The third-order valence-electron chi connectivity index (χ3n) is 3.29. The van der Waals surface area contributed by atoms with E-state index in [1.54, 1.807) is 0 Å². The van der Waals surface area contributed by atoms with Gasteiger partial charge >= 0.3 is 0 Å². The van der Waals surface area contributed by atoms with Crippen molar-refractivity contribution in [2.24, 2.45) is 5.73 Å². The van der Waals surface area contributed by atoms with Crippen LogP contribution in [0.5, 0.6) is 0 Å². The van der Waals surface area contributed by atoms with Crippen LogP contribution in [-0.2, 0) is 9.84 Å². The molecular weight excluding hydrogens is 210 g/mol. The molecule has 0 atom stereocenters. The maximum Gasteiger partial charge on any atom is 0.147 e. The van der Waals surface area contributed by atoms with Gasteiger partial charge in [-0.05, 0) is 25.7 Å². The lowest BCUT2D eigenvalue weighted by Crippen LogP contribution is -2.39. The number of nitrogens with two attached hydrogens (primary N) is 1. The van der Waals surface area contributed by atoms with Gasteiger partial charge < -0.3 is 5.73 Å². The lowest BCUT2D eigenvalue weighted by Gasteiger charge is -2.27. The molecule has 0 spiro atoms. The van der Waals surface area contributed by atoms with Crippen molar-refractivity contribution in [2.75, 3.05) is 12.0 Å². The highest BCUT2D eigenvalue weighted by atomic mass is 32.2. The van der Waals surface area contributed by atoms with E-state index in [1.807, 2.05) is 0 Å². The summed E-state index contributed by atoms with van der Waals surface area (Å²) < 4.78 is 22.0. The second-order valence-corrected chi connectivity index (χ2v) is 7.27. The highest BCUT2D eigenvalue weighted by Crippen LogP contribution is 2.28. The minimum atomic E-state index is -2.82. The van der Waals surface area contributed by atoms with Crippen LogP contribution in [0.2, 0.25) is 0 Å². The fourth-order valence-electron chi connectivity index (χ4n) is 2.37. The summed E-state index contributed by atoms with van der Waals surface area (Å²) in [5.41, 5.74) is 6.21. The van der Waals surface area contributed by atoms with E-state index in [2.05, 4.69) is 0 Å². The second kappa shape index (κ2) is 5.30. The summed E-state index contributed by atoms with van der Waals surface area (Å²) in [4.78, 5) is 0. The molecule has 0 saturated heterocycles. The molecule has 0 heterocycles. The van der Waals surface area contributed by atoms with E-state index in [-0.39, 0.29) is 11.3 Å². The van der Waals surface area contributed by atoms with Gasteiger partial charge in [-0.1, -0.05) is 25.7 Å². The lowest BCUT2D eigenvalue weighted by molar-refractivity contribution is 0.342. The van der Waals surface area contributed by atoms with Gasteiger partial charge in [-0.3, -0.25) is 0 Å². The van der Waals surface area contributed by atoms with Crippen molar-refractivity contribution in [3.8, 4) is 0 Å². The van der Waals surface area contributed by atoms with Crippen molar-refractivity contribution < 1.29 is 8.42 Å². The van der Waals surface area contributed by atoms with Crippen LogP contribution in [0.15, 0.2) is 0 Å². The van der Waals surface area contributed by atoms with Gasteiger partial charge in [0.25, 0.3) is 0 Å². The molecular formula is C11H23NO2S. The summed E-state index contributed by atoms with van der Waals surface area (Å²) in [7, 11) is -2.82. The minimum absolute atomic E-state index is 0.0822. The van der Waals surface area contributed by atoms with Crippen LogP contribution < -0.4 is 5.73 Å². The molecule has 90 valence electrons. The van der Waals surface area contributed by atoms with Gasteiger partial charge in [0.05, 0.1) is 0 Å². The molecule has 0 aliphatic heterocycles. The van der Waals surface area contributed by atoms with Crippen molar-refractivity contribution in [1.29, 1.82) is 0 Å². The molecule has 4 heteroatoms. The highest BCUT2D eigenvalue weighted by Gasteiger charge is 2.25. The van der Waals surface area contributed by atoms with E-state index in [0.29, 0.717) is 0 Å². The largest absolute Gasteiger partial charge is 0.325 e. The van der Waals surface area contributed by atoms with E-state index in [9.17, 15) is 8.42 Å². The third-order valence-corrected chi connectivity index (χ3v) is 4.32. The minimum Gasteiger partial charge on any atom is -0.325 e. The van der Waals surface area contributed by atoms with Crippen LogP contribution in [0.3, 0.4) is 0 Å². The monoisotopic (exact) mass is 233 g/mol. The Balaban J connectivity index is 2.34. The molecule has 3 nitrogen and oxygen atoms in total. The van der Waals surface area contributed by atoms with Gasteiger partial charge in [-0.2, -0.15) is 0 Å². The van der Waals surface area contributed by atoms with Gasteiger partial charge in [-0.25, -0.2) is 8.42 Å². The van der Waals surface area contributed by atoms with Gasteiger partial charge in [0.15, 0.2) is 0 Å². The first kappa shape index (κ1) is 13.0. The molecule has 0 bridgehead atoms. The SMILES string of the molecule is CS(=O)(=O)CCCC1(N)CCCCCC1. The molecule has 0 aromatic carbocycles. The van der Waals surface area contributed by atoms with Crippen molar-refractivity contribution in [3.05, 3.63) is 0 Å². The topological polar surface area (TPSA) is 60.2 Å². The average Bonchev–Trinajstić information content (AvgIpc) is 2.28. The van der Waals surface area contributed by atoms with Crippen LogP contribution >= 0.6 is 0 Å². The van der Waals surface area contributed by atoms with E-state index >= 15 is 0 Å². The maximum absolute atomic E-state index is 11.0. The summed E-state index contributed by atoms with van der Waals surface area (Å²) >= 11 is 0. The Bertz CT molecular complexity index is 277. The first-order chi connectivity index (χ1) is 6.91. The molecule has 1 aliphatic rings. The Morgan fingerprint density at radius 1 is 1.13 bits per heavy atom. The molecule has 1 fully saturated rings. The Morgan fingerprint density at radius 2 is 1.67 bits per heavy atom. The molecule has 0 aromatic heterocycles. The van der Waals surface area contributed by atoms with Crippen LogP contribution in [0.25, 0.3) is 0 Å². The number of hydrogen-bond donors (Lipinski definition) is 1. The Hall–Kier alpha value is -0.0900. The summed E-state index contributed by atoms with van der Waals surface area (Å²) in [6.07, 6.45) is 9.98. The molecule has 0 radical (unpaired) electrons. The summed E-state index contributed by atoms with van der Waals surface area (Å²) in [6, 6.07) is 0. The molecule has 0 unspecified atom stereocenters. The van der Waals surface area contributed by atoms with Gasteiger partial charge in [-0.15, -0.1) is 0 Å². The fourth-order valence-corrected chi connectivity index (χ4v) is 3.04.